The molecule has 28 heavy (non-hydrogen) atoms. The molecule has 0 fully saturated rings. The summed E-state index contributed by atoms with van der Waals surface area (Å²) in [6.45, 7) is 1.64. The molecule has 1 atom stereocenters. The van der Waals surface area contributed by atoms with Gasteiger partial charge in [-0.1, -0.05) is 31.2 Å². The summed E-state index contributed by atoms with van der Waals surface area (Å²) in [5, 5.41) is 0. The van der Waals surface area contributed by atoms with E-state index in [0.29, 0.717) is 11.5 Å². The van der Waals surface area contributed by atoms with Crippen molar-refractivity contribution in [2.75, 3.05) is 19.7 Å². The van der Waals surface area contributed by atoms with Gasteiger partial charge in [0.25, 0.3) is 0 Å². The summed E-state index contributed by atoms with van der Waals surface area (Å²) in [6.07, 6.45) is -5.62. The van der Waals surface area contributed by atoms with Gasteiger partial charge >= 0.3 is 6.36 Å². The third kappa shape index (κ3) is 4.50. The fourth-order valence-corrected chi connectivity index (χ4v) is 4.38. The number of likely N-dealkylation sites (N-methyl/N-ethyl adjacent to an activating group) is 1. The van der Waals surface area contributed by atoms with Crippen molar-refractivity contribution in [3.63, 3.8) is 0 Å². The highest BCUT2D eigenvalue weighted by Gasteiger charge is 2.36. The fourth-order valence-electron chi connectivity index (χ4n) is 2.79. The highest BCUT2D eigenvalue weighted by atomic mass is 32.2. The van der Waals surface area contributed by atoms with Gasteiger partial charge < -0.3 is 14.2 Å². The minimum atomic E-state index is -5.01. The lowest BCUT2D eigenvalue weighted by molar-refractivity contribution is -0.275. The average Bonchev–Trinajstić information content (AvgIpc) is 2.65. The van der Waals surface area contributed by atoms with E-state index in [-0.39, 0.29) is 19.7 Å². The van der Waals surface area contributed by atoms with Crippen LogP contribution in [-0.2, 0) is 10.0 Å². The molecule has 6 nitrogen and oxygen atoms in total. The second kappa shape index (κ2) is 7.88. The third-order valence-electron chi connectivity index (χ3n) is 4.02. The average molecular weight is 417 g/mol. The Hall–Kier alpha value is -2.46. The number of fused-ring (bicyclic) bond motifs is 1. The van der Waals surface area contributed by atoms with E-state index in [2.05, 4.69) is 4.74 Å². The third-order valence-corrected chi connectivity index (χ3v) is 6.00. The number of para-hydroxylation sites is 3. The number of rotatable bonds is 6. The number of halogens is 3. The Morgan fingerprint density at radius 2 is 1.75 bits per heavy atom. The van der Waals surface area contributed by atoms with Crippen LogP contribution >= 0.6 is 0 Å². The summed E-state index contributed by atoms with van der Waals surface area (Å²) >= 11 is 0. The Morgan fingerprint density at radius 3 is 2.43 bits per heavy atom. The predicted molar refractivity (Wildman–Crippen MR) is 93.9 cm³/mol. The van der Waals surface area contributed by atoms with Crippen LogP contribution in [0.25, 0.3) is 0 Å². The van der Waals surface area contributed by atoms with Crippen molar-refractivity contribution in [1.29, 1.82) is 0 Å². The van der Waals surface area contributed by atoms with Gasteiger partial charge in [0.1, 0.15) is 23.4 Å². The quantitative estimate of drug-likeness (QED) is 0.721. The molecule has 0 aromatic heterocycles. The maximum atomic E-state index is 13.0. The van der Waals surface area contributed by atoms with Gasteiger partial charge in [0, 0.05) is 6.54 Å². The number of hydrogen-bond donors (Lipinski definition) is 0. The molecule has 1 aliphatic rings. The second-order valence-electron chi connectivity index (χ2n) is 5.95. The van der Waals surface area contributed by atoms with Crippen molar-refractivity contribution in [3.05, 3.63) is 48.5 Å². The second-order valence-corrected chi connectivity index (χ2v) is 7.85. The van der Waals surface area contributed by atoms with Crippen molar-refractivity contribution >= 4 is 10.0 Å². The van der Waals surface area contributed by atoms with E-state index in [4.69, 9.17) is 9.47 Å². The molecule has 152 valence electrons. The van der Waals surface area contributed by atoms with Gasteiger partial charge in [-0.15, -0.1) is 13.2 Å². The molecule has 10 heteroatoms. The first-order chi connectivity index (χ1) is 13.2. The molecule has 1 unspecified atom stereocenters. The van der Waals surface area contributed by atoms with E-state index in [1.54, 1.807) is 31.2 Å². The summed E-state index contributed by atoms with van der Waals surface area (Å²) in [7, 11) is -4.26. The molecule has 2 aromatic carbocycles. The molecule has 0 saturated heterocycles. The van der Waals surface area contributed by atoms with Crippen LogP contribution in [-0.4, -0.2) is 44.9 Å². The molecule has 1 heterocycles. The van der Waals surface area contributed by atoms with Gasteiger partial charge in [0.05, 0.1) is 6.54 Å². The number of alkyl halides is 3. The highest BCUT2D eigenvalue weighted by Crippen LogP contribution is 2.33. The Labute approximate surface area is 160 Å². The van der Waals surface area contributed by atoms with Gasteiger partial charge in [0.15, 0.2) is 11.5 Å². The summed E-state index contributed by atoms with van der Waals surface area (Å²) < 4.78 is 80.1. The zero-order valence-electron chi connectivity index (χ0n) is 14.8. The number of nitrogens with zero attached hydrogens (tertiary/aromatic N) is 1. The molecule has 0 aliphatic carbocycles. The minimum absolute atomic E-state index is 0.0319. The standard InChI is InChI=1S/C18H18F3NO5S/c1-2-22(11-13-12-25-14-7-3-4-8-15(14)26-13)28(23,24)17-10-6-5-9-16(17)27-18(19,20)21/h3-10,13H,2,11-12H2,1H3. The van der Waals surface area contributed by atoms with E-state index in [0.717, 1.165) is 16.4 Å². The molecule has 0 spiro atoms. The first-order valence-electron chi connectivity index (χ1n) is 8.44. The maximum Gasteiger partial charge on any atom is 0.573 e. The summed E-state index contributed by atoms with van der Waals surface area (Å²) in [6, 6.07) is 11.6. The normalized spacial score (nSPS) is 16.8. The molecule has 0 saturated carbocycles. The van der Waals surface area contributed by atoms with Crippen LogP contribution in [0.2, 0.25) is 0 Å². The molecular formula is C18H18F3NO5S. The lowest BCUT2D eigenvalue weighted by Gasteiger charge is -2.30. The van der Waals surface area contributed by atoms with Crippen molar-refractivity contribution in [2.45, 2.75) is 24.3 Å². The lowest BCUT2D eigenvalue weighted by Crippen LogP contribution is -2.43. The highest BCUT2D eigenvalue weighted by molar-refractivity contribution is 7.89. The van der Waals surface area contributed by atoms with Gasteiger partial charge in [-0.05, 0) is 24.3 Å². The number of benzene rings is 2. The van der Waals surface area contributed by atoms with Crippen LogP contribution in [0, 0.1) is 0 Å². The number of sulfonamides is 1. The van der Waals surface area contributed by atoms with Crippen molar-refractivity contribution in [3.8, 4) is 17.2 Å². The van der Waals surface area contributed by atoms with E-state index in [1.807, 2.05) is 0 Å². The van der Waals surface area contributed by atoms with Crippen LogP contribution in [0.15, 0.2) is 53.4 Å². The molecular weight excluding hydrogens is 399 g/mol. The monoisotopic (exact) mass is 417 g/mol. The molecule has 2 aromatic rings. The van der Waals surface area contributed by atoms with Crippen molar-refractivity contribution in [2.24, 2.45) is 0 Å². The topological polar surface area (TPSA) is 65.1 Å². The number of ether oxygens (including phenoxy) is 3. The predicted octanol–water partition coefficient (Wildman–Crippen LogP) is 3.44. The van der Waals surface area contributed by atoms with Gasteiger partial charge in [0.2, 0.25) is 10.0 Å². The number of hydrogen-bond acceptors (Lipinski definition) is 5. The molecule has 0 radical (unpaired) electrons. The van der Waals surface area contributed by atoms with Crippen LogP contribution < -0.4 is 14.2 Å². The zero-order chi connectivity index (χ0) is 20.4. The van der Waals surface area contributed by atoms with E-state index in [1.165, 1.54) is 12.1 Å². The van der Waals surface area contributed by atoms with E-state index in [9.17, 15) is 21.6 Å². The van der Waals surface area contributed by atoms with E-state index >= 15 is 0 Å². The first kappa shape index (κ1) is 20.3. The molecule has 3 rings (SSSR count). The molecule has 0 bridgehead atoms. The Balaban J connectivity index is 1.83. The van der Waals surface area contributed by atoms with Crippen molar-refractivity contribution < 1.29 is 35.8 Å². The Kier molecular flexibility index (Phi) is 5.71. The van der Waals surface area contributed by atoms with Crippen LogP contribution in [0.1, 0.15) is 6.92 Å². The Bertz CT molecular complexity index is 933. The Morgan fingerprint density at radius 1 is 1.11 bits per heavy atom. The smallest absolute Gasteiger partial charge is 0.486 e. The fraction of sp³-hybridized carbons (Fsp3) is 0.333. The summed E-state index contributed by atoms with van der Waals surface area (Å²) in [4.78, 5) is -0.564. The summed E-state index contributed by atoms with van der Waals surface area (Å²) in [5.74, 6) is 0.251. The van der Waals surface area contributed by atoms with Crippen LogP contribution in [0.5, 0.6) is 17.2 Å². The molecule has 0 amide bonds. The van der Waals surface area contributed by atoms with Crippen LogP contribution in [0.4, 0.5) is 13.2 Å². The van der Waals surface area contributed by atoms with E-state index < -0.39 is 33.1 Å². The van der Waals surface area contributed by atoms with Crippen molar-refractivity contribution in [1.82, 2.24) is 4.31 Å². The molecule has 0 N–H and O–H groups in total. The molecule has 1 aliphatic heterocycles. The van der Waals surface area contributed by atoms with Crippen LogP contribution in [0.3, 0.4) is 0 Å². The first-order valence-corrected chi connectivity index (χ1v) is 9.88. The maximum absolute atomic E-state index is 13.0. The lowest BCUT2D eigenvalue weighted by atomic mass is 10.2. The largest absolute Gasteiger partial charge is 0.573 e. The summed E-state index contributed by atoms with van der Waals surface area (Å²) in [5.41, 5.74) is 0. The van der Waals surface area contributed by atoms with Gasteiger partial charge in [-0.2, -0.15) is 4.31 Å². The van der Waals surface area contributed by atoms with Gasteiger partial charge in [-0.3, -0.25) is 0 Å². The minimum Gasteiger partial charge on any atom is -0.486 e. The zero-order valence-corrected chi connectivity index (χ0v) is 15.7. The SMILES string of the molecule is CCN(CC1COc2ccccc2O1)S(=O)(=O)c1ccccc1OC(F)(F)F. The van der Waals surface area contributed by atoms with Gasteiger partial charge in [-0.25, -0.2) is 8.42 Å².